The summed E-state index contributed by atoms with van der Waals surface area (Å²) in [5.41, 5.74) is 6.85. The second-order valence-electron chi connectivity index (χ2n) is 5.10. The van der Waals surface area contributed by atoms with Crippen LogP contribution in [0.2, 0.25) is 0 Å². The third-order valence-electron chi connectivity index (χ3n) is 3.98. The van der Waals surface area contributed by atoms with E-state index in [9.17, 15) is 4.79 Å². The van der Waals surface area contributed by atoms with Gasteiger partial charge in [-0.25, -0.2) is 0 Å². The van der Waals surface area contributed by atoms with Crippen molar-refractivity contribution in [1.29, 1.82) is 5.26 Å². The maximum atomic E-state index is 12.4. The molecule has 2 atom stereocenters. The van der Waals surface area contributed by atoms with Crippen LogP contribution in [0.4, 0.5) is 0 Å². The first-order chi connectivity index (χ1) is 9.17. The number of hydrogen-bond acceptors (Lipinski definition) is 3. The number of carbonyl (C=O) groups is 1. The quantitative estimate of drug-likeness (QED) is 0.897. The summed E-state index contributed by atoms with van der Waals surface area (Å²) in [6.07, 6.45) is 3.24. The molecular weight excluding hydrogens is 238 g/mol. The highest BCUT2D eigenvalue weighted by Crippen LogP contribution is 2.29. The Morgan fingerprint density at radius 2 is 2.32 bits per heavy atom. The monoisotopic (exact) mass is 257 g/mol. The van der Waals surface area contributed by atoms with Gasteiger partial charge in [0, 0.05) is 18.7 Å². The Balaban J connectivity index is 2.16. The first-order valence-corrected chi connectivity index (χ1v) is 6.64. The van der Waals surface area contributed by atoms with Gasteiger partial charge in [-0.15, -0.1) is 0 Å². The van der Waals surface area contributed by atoms with Crippen LogP contribution in [0.5, 0.6) is 0 Å². The molecule has 1 aliphatic rings. The Morgan fingerprint density at radius 1 is 1.53 bits per heavy atom. The molecule has 0 aromatic heterocycles. The molecule has 4 heteroatoms. The van der Waals surface area contributed by atoms with E-state index in [4.69, 9.17) is 11.0 Å². The molecule has 0 aliphatic heterocycles. The average Bonchev–Trinajstić information content (AvgIpc) is 2.94. The normalized spacial score (nSPS) is 21.9. The summed E-state index contributed by atoms with van der Waals surface area (Å²) in [5.74, 6) is 0.371. The zero-order valence-electron chi connectivity index (χ0n) is 11.2. The van der Waals surface area contributed by atoms with Gasteiger partial charge in [0.15, 0.2) is 0 Å². The van der Waals surface area contributed by atoms with E-state index >= 15 is 0 Å². The van der Waals surface area contributed by atoms with Crippen LogP contribution in [0.15, 0.2) is 24.3 Å². The van der Waals surface area contributed by atoms with E-state index in [-0.39, 0.29) is 11.9 Å². The van der Waals surface area contributed by atoms with Gasteiger partial charge in [0.2, 0.25) is 0 Å². The maximum Gasteiger partial charge on any atom is 0.253 e. The maximum absolute atomic E-state index is 12.4. The molecule has 2 unspecified atom stereocenters. The highest BCUT2D eigenvalue weighted by atomic mass is 16.2. The molecule has 0 bridgehead atoms. The van der Waals surface area contributed by atoms with Crippen molar-refractivity contribution in [3.05, 3.63) is 35.4 Å². The van der Waals surface area contributed by atoms with E-state index in [1.807, 2.05) is 7.05 Å². The topological polar surface area (TPSA) is 70.1 Å². The number of benzene rings is 1. The fourth-order valence-corrected chi connectivity index (χ4v) is 2.88. The molecule has 1 aromatic rings. The molecule has 19 heavy (non-hydrogen) atoms. The van der Waals surface area contributed by atoms with Crippen LogP contribution in [0.1, 0.15) is 35.2 Å². The first-order valence-electron chi connectivity index (χ1n) is 6.64. The van der Waals surface area contributed by atoms with E-state index in [0.29, 0.717) is 23.6 Å². The summed E-state index contributed by atoms with van der Waals surface area (Å²) in [5, 5.41) is 8.88. The third-order valence-corrected chi connectivity index (χ3v) is 3.98. The molecule has 1 amide bonds. The van der Waals surface area contributed by atoms with Crippen molar-refractivity contribution in [2.75, 3.05) is 13.6 Å². The molecule has 1 saturated carbocycles. The predicted octanol–water partition coefficient (Wildman–Crippen LogP) is 1.76. The molecule has 2 rings (SSSR count). The van der Waals surface area contributed by atoms with Crippen molar-refractivity contribution in [3.8, 4) is 6.07 Å². The minimum Gasteiger partial charge on any atom is -0.338 e. The Morgan fingerprint density at radius 3 is 3.00 bits per heavy atom. The van der Waals surface area contributed by atoms with Gasteiger partial charge in [0.25, 0.3) is 5.91 Å². The lowest BCUT2D eigenvalue weighted by Crippen LogP contribution is -2.41. The number of nitrogens with two attached hydrogens (primary N) is 1. The van der Waals surface area contributed by atoms with Crippen LogP contribution >= 0.6 is 0 Å². The standard InChI is InChI=1S/C15H19N3O/c1-18(14-7-3-6-13(14)10-17)15(19)12-5-2-4-11(8-12)9-16/h2,4-5,8,13-14H,3,6-7,10,17H2,1H3. The summed E-state index contributed by atoms with van der Waals surface area (Å²) in [4.78, 5) is 14.2. The lowest BCUT2D eigenvalue weighted by molar-refractivity contribution is 0.0700. The molecule has 100 valence electrons. The summed E-state index contributed by atoms with van der Waals surface area (Å²) in [6, 6.07) is 9.13. The Kier molecular flexibility index (Phi) is 4.18. The smallest absolute Gasteiger partial charge is 0.253 e. The van der Waals surface area contributed by atoms with Crippen LogP contribution in [-0.2, 0) is 0 Å². The van der Waals surface area contributed by atoms with E-state index in [2.05, 4.69) is 6.07 Å². The molecule has 1 aliphatic carbocycles. The Labute approximate surface area is 113 Å². The van der Waals surface area contributed by atoms with Gasteiger partial charge < -0.3 is 10.6 Å². The minimum atomic E-state index is -0.0255. The van der Waals surface area contributed by atoms with E-state index in [1.54, 1.807) is 29.2 Å². The van der Waals surface area contributed by atoms with E-state index in [0.717, 1.165) is 19.3 Å². The van der Waals surface area contributed by atoms with E-state index < -0.39 is 0 Å². The van der Waals surface area contributed by atoms with Gasteiger partial charge in [0.05, 0.1) is 11.6 Å². The fourth-order valence-electron chi connectivity index (χ4n) is 2.88. The number of nitriles is 1. The average molecular weight is 257 g/mol. The molecule has 0 spiro atoms. The van der Waals surface area contributed by atoms with Gasteiger partial charge in [-0.3, -0.25) is 4.79 Å². The second-order valence-corrected chi connectivity index (χ2v) is 5.10. The summed E-state index contributed by atoms with van der Waals surface area (Å²) < 4.78 is 0. The lowest BCUT2D eigenvalue weighted by atomic mass is 10.0. The molecular formula is C15H19N3O. The molecule has 4 nitrogen and oxygen atoms in total. The number of hydrogen-bond donors (Lipinski definition) is 1. The van der Waals surface area contributed by atoms with Gasteiger partial charge >= 0.3 is 0 Å². The number of rotatable bonds is 3. The molecule has 1 fully saturated rings. The summed E-state index contributed by atoms with van der Waals surface area (Å²) >= 11 is 0. The van der Waals surface area contributed by atoms with Crippen molar-refractivity contribution < 1.29 is 4.79 Å². The highest BCUT2D eigenvalue weighted by molar-refractivity contribution is 5.94. The molecule has 0 radical (unpaired) electrons. The fraction of sp³-hybridized carbons (Fsp3) is 0.467. The van der Waals surface area contributed by atoms with E-state index in [1.165, 1.54) is 0 Å². The molecule has 0 heterocycles. The molecule has 0 saturated heterocycles. The largest absolute Gasteiger partial charge is 0.338 e. The Hall–Kier alpha value is -1.86. The highest BCUT2D eigenvalue weighted by Gasteiger charge is 2.32. The van der Waals surface area contributed by atoms with Gasteiger partial charge in [-0.1, -0.05) is 12.5 Å². The SMILES string of the molecule is CN(C(=O)c1cccc(C#N)c1)C1CCCC1CN. The Bertz CT molecular complexity index is 506. The number of carbonyl (C=O) groups excluding carboxylic acids is 1. The van der Waals surface area contributed by atoms with Crippen LogP contribution in [0, 0.1) is 17.2 Å². The van der Waals surface area contributed by atoms with Crippen LogP contribution in [-0.4, -0.2) is 30.4 Å². The van der Waals surface area contributed by atoms with Gasteiger partial charge in [0.1, 0.15) is 0 Å². The van der Waals surface area contributed by atoms with Crippen molar-refractivity contribution >= 4 is 5.91 Å². The first kappa shape index (κ1) is 13.6. The lowest BCUT2D eigenvalue weighted by Gasteiger charge is -2.29. The molecule has 2 N–H and O–H groups in total. The van der Waals surface area contributed by atoms with Gasteiger partial charge in [-0.2, -0.15) is 5.26 Å². The summed E-state index contributed by atoms with van der Waals surface area (Å²) in [7, 11) is 1.83. The van der Waals surface area contributed by atoms with Crippen molar-refractivity contribution in [2.45, 2.75) is 25.3 Å². The zero-order valence-corrected chi connectivity index (χ0v) is 11.2. The van der Waals surface area contributed by atoms with Gasteiger partial charge in [-0.05, 0) is 43.5 Å². The molecule has 1 aromatic carbocycles. The second kappa shape index (κ2) is 5.85. The zero-order chi connectivity index (χ0) is 13.8. The minimum absolute atomic E-state index is 0.0255. The summed E-state index contributed by atoms with van der Waals surface area (Å²) in [6.45, 7) is 0.626. The predicted molar refractivity (Wildman–Crippen MR) is 73.4 cm³/mol. The number of nitrogens with zero attached hydrogens (tertiary/aromatic N) is 2. The third kappa shape index (κ3) is 2.77. The van der Waals surface area contributed by atoms with Crippen LogP contribution < -0.4 is 5.73 Å². The van der Waals surface area contributed by atoms with Crippen LogP contribution in [0.3, 0.4) is 0 Å². The van der Waals surface area contributed by atoms with Crippen molar-refractivity contribution in [2.24, 2.45) is 11.7 Å². The van der Waals surface area contributed by atoms with Crippen LogP contribution in [0.25, 0.3) is 0 Å². The van der Waals surface area contributed by atoms with Crippen molar-refractivity contribution in [3.63, 3.8) is 0 Å². The van der Waals surface area contributed by atoms with Crippen molar-refractivity contribution in [1.82, 2.24) is 4.90 Å². The number of amides is 1.